The van der Waals surface area contributed by atoms with E-state index in [0.717, 1.165) is 6.42 Å². The molecule has 0 rings (SSSR count). The van der Waals surface area contributed by atoms with Gasteiger partial charge in [-0.1, -0.05) is 0 Å². The molecule has 3 N–H and O–H groups in total. The maximum absolute atomic E-state index is 10.8. The average molecular weight is 168 g/mol. The van der Waals surface area contributed by atoms with Gasteiger partial charge < -0.3 is 11.1 Å². The van der Waals surface area contributed by atoms with Crippen molar-refractivity contribution in [1.29, 1.82) is 0 Å². The Bertz CT molecular complexity index is 210. The van der Waals surface area contributed by atoms with E-state index in [-0.39, 0.29) is 5.91 Å². The molecule has 0 aromatic heterocycles. The van der Waals surface area contributed by atoms with Crippen LogP contribution in [0, 0.1) is 11.8 Å². The third kappa shape index (κ3) is 3.99. The van der Waals surface area contributed by atoms with Gasteiger partial charge in [-0.05, 0) is 20.8 Å². The molecule has 0 unspecified atom stereocenters. The molecule has 0 bridgehead atoms. The molecule has 0 atom stereocenters. The van der Waals surface area contributed by atoms with Crippen LogP contribution in [0.15, 0.2) is 0 Å². The second-order valence-electron chi connectivity index (χ2n) is 3.09. The van der Waals surface area contributed by atoms with E-state index in [9.17, 15) is 4.79 Å². The van der Waals surface area contributed by atoms with E-state index < -0.39 is 5.54 Å². The van der Waals surface area contributed by atoms with Crippen LogP contribution in [-0.2, 0) is 4.79 Å². The Morgan fingerprint density at radius 3 is 2.58 bits per heavy atom. The minimum absolute atomic E-state index is 0.341. The second kappa shape index (κ2) is 4.78. The number of hydrogen-bond donors (Lipinski definition) is 2. The summed E-state index contributed by atoms with van der Waals surface area (Å²) >= 11 is 0. The van der Waals surface area contributed by atoms with Gasteiger partial charge in [0.25, 0.3) is 0 Å². The molecule has 0 heterocycles. The first kappa shape index (κ1) is 11.0. The van der Waals surface area contributed by atoms with Crippen LogP contribution in [0.4, 0.5) is 0 Å². The molecule has 0 saturated heterocycles. The van der Waals surface area contributed by atoms with Crippen molar-refractivity contribution >= 4 is 5.91 Å². The summed E-state index contributed by atoms with van der Waals surface area (Å²) < 4.78 is 0. The molecule has 0 aliphatic rings. The smallest absolute Gasteiger partial charge is 0.237 e. The number of carbonyl (C=O) groups excluding carboxylic acids is 1. The lowest BCUT2D eigenvalue weighted by molar-refractivity contribution is -0.123. The number of primary amides is 1. The molecule has 0 fully saturated rings. The van der Waals surface area contributed by atoms with Crippen LogP contribution in [0.25, 0.3) is 0 Å². The number of carbonyl (C=O) groups is 1. The molecular weight excluding hydrogens is 152 g/mol. The summed E-state index contributed by atoms with van der Waals surface area (Å²) in [4.78, 5) is 10.8. The van der Waals surface area contributed by atoms with Crippen molar-refractivity contribution in [2.24, 2.45) is 5.73 Å². The predicted molar refractivity (Wildman–Crippen MR) is 49.3 cm³/mol. The highest BCUT2D eigenvalue weighted by Gasteiger charge is 2.22. The zero-order chi connectivity index (χ0) is 9.61. The fraction of sp³-hybridized carbons (Fsp3) is 0.667. The van der Waals surface area contributed by atoms with E-state index in [1.165, 1.54) is 0 Å². The van der Waals surface area contributed by atoms with Crippen LogP contribution >= 0.6 is 0 Å². The van der Waals surface area contributed by atoms with Gasteiger partial charge in [0.1, 0.15) is 0 Å². The molecule has 3 nitrogen and oxygen atoms in total. The standard InChI is InChI=1S/C9H16N2O/c1-4-5-6-7-11-9(2,3)8(10)12/h11H,6-7H2,1-3H3,(H2,10,12). The van der Waals surface area contributed by atoms with E-state index >= 15 is 0 Å². The largest absolute Gasteiger partial charge is 0.368 e. The fourth-order valence-electron chi connectivity index (χ4n) is 0.650. The van der Waals surface area contributed by atoms with Crippen LogP contribution in [0.2, 0.25) is 0 Å². The predicted octanol–water partition coefficient (Wildman–Crippen LogP) is 0.253. The average Bonchev–Trinajstić information content (AvgIpc) is 1.98. The summed E-state index contributed by atoms with van der Waals surface area (Å²) in [6.45, 7) is 6.00. The van der Waals surface area contributed by atoms with Crippen LogP contribution in [-0.4, -0.2) is 18.0 Å². The SMILES string of the molecule is CC#CCCNC(C)(C)C(N)=O. The van der Waals surface area contributed by atoms with Gasteiger partial charge in [0.05, 0.1) is 5.54 Å². The lowest BCUT2D eigenvalue weighted by Crippen LogP contribution is -2.50. The highest BCUT2D eigenvalue weighted by atomic mass is 16.1. The Hall–Kier alpha value is -1.01. The highest BCUT2D eigenvalue weighted by Crippen LogP contribution is 1.99. The van der Waals surface area contributed by atoms with Crippen molar-refractivity contribution < 1.29 is 4.79 Å². The van der Waals surface area contributed by atoms with Gasteiger partial charge in [-0.2, -0.15) is 0 Å². The molecule has 0 saturated carbocycles. The normalized spacial score (nSPS) is 10.2. The zero-order valence-electron chi connectivity index (χ0n) is 7.90. The molecule has 0 aliphatic carbocycles. The van der Waals surface area contributed by atoms with Crippen molar-refractivity contribution in [3.63, 3.8) is 0 Å². The third-order valence-corrected chi connectivity index (χ3v) is 1.61. The van der Waals surface area contributed by atoms with Gasteiger partial charge in [-0.15, -0.1) is 11.8 Å². The number of nitrogens with two attached hydrogens (primary N) is 1. The van der Waals surface area contributed by atoms with Crippen LogP contribution in [0.3, 0.4) is 0 Å². The Morgan fingerprint density at radius 2 is 2.17 bits per heavy atom. The molecule has 12 heavy (non-hydrogen) atoms. The van der Waals surface area contributed by atoms with Gasteiger partial charge >= 0.3 is 0 Å². The number of rotatable bonds is 4. The van der Waals surface area contributed by atoms with Crippen molar-refractivity contribution in [3.05, 3.63) is 0 Å². The van der Waals surface area contributed by atoms with E-state index in [1.54, 1.807) is 20.8 Å². The summed E-state index contributed by atoms with van der Waals surface area (Å²) in [5.41, 5.74) is 4.52. The van der Waals surface area contributed by atoms with E-state index in [2.05, 4.69) is 17.2 Å². The van der Waals surface area contributed by atoms with Gasteiger partial charge in [0, 0.05) is 13.0 Å². The van der Waals surface area contributed by atoms with Gasteiger partial charge in [-0.25, -0.2) is 0 Å². The molecular formula is C9H16N2O. The summed E-state index contributed by atoms with van der Waals surface area (Å²) in [5, 5.41) is 3.02. The summed E-state index contributed by atoms with van der Waals surface area (Å²) in [5.74, 6) is 5.33. The number of nitrogens with one attached hydrogen (secondary N) is 1. The Balaban J connectivity index is 3.74. The van der Waals surface area contributed by atoms with Crippen LogP contribution in [0.5, 0.6) is 0 Å². The topological polar surface area (TPSA) is 55.1 Å². The minimum atomic E-state index is -0.630. The van der Waals surface area contributed by atoms with Gasteiger partial charge in [0.2, 0.25) is 5.91 Å². The van der Waals surface area contributed by atoms with E-state index in [1.807, 2.05) is 0 Å². The molecule has 68 valence electrons. The third-order valence-electron chi connectivity index (χ3n) is 1.61. The molecule has 0 radical (unpaired) electrons. The first-order chi connectivity index (χ1) is 5.50. The van der Waals surface area contributed by atoms with Crippen molar-refractivity contribution in [3.8, 4) is 11.8 Å². The molecule has 3 heteroatoms. The van der Waals surface area contributed by atoms with Crippen molar-refractivity contribution in [2.45, 2.75) is 32.7 Å². The maximum Gasteiger partial charge on any atom is 0.237 e. The second-order valence-corrected chi connectivity index (χ2v) is 3.09. The quantitative estimate of drug-likeness (QED) is 0.467. The molecule has 0 aromatic rings. The van der Waals surface area contributed by atoms with Crippen LogP contribution < -0.4 is 11.1 Å². The number of amides is 1. The minimum Gasteiger partial charge on any atom is -0.368 e. The van der Waals surface area contributed by atoms with Crippen LogP contribution in [0.1, 0.15) is 27.2 Å². The summed E-state index contributed by atoms with van der Waals surface area (Å²) in [6.07, 6.45) is 0.743. The van der Waals surface area contributed by atoms with E-state index in [0.29, 0.717) is 6.54 Å². The molecule has 0 spiro atoms. The van der Waals surface area contributed by atoms with Gasteiger partial charge in [0.15, 0.2) is 0 Å². The van der Waals surface area contributed by atoms with Crippen molar-refractivity contribution in [2.75, 3.05) is 6.54 Å². The molecule has 1 amide bonds. The zero-order valence-corrected chi connectivity index (χ0v) is 7.90. The summed E-state index contributed by atoms with van der Waals surface area (Å²) in [7, 11) is 0. The van der Waals surface area contributed by atoms with Gasteiger partial charge in [-0.3, -0.25) is 4.79 Å². The Labute approximate surface area is 73.7 Å². The first-order valence-electron chi connectivity index (χ1n) is 3.95. The molecule has 0 aromatic carbocycles. The first-order valence-corrected chi connectivity index (χ1v) is 3.95. The lowest BCUT2D eigenvalue weighted by Gasteiger charge is -2.21. The maximum atomic E-state index is 10.8. The fourth-order valence-corrected chi connectivity index (χ4v) is 0.650. The van der Waals surface area contributed by atoms with E-state index in [4.69, 9.17) is 5.73 Å². The lowest BCUT2D eigenvalue weighted by atomic mass is 10.1. The Morgan fingerprint density at radius 1 is 1.58 bits per heavy atom. The summed E-state index contributed by atoms with van der Waals surface area (Å²) in [6, 6.07) is 0. The molecule has 0 aliphatic heterocycles. The highest BCUT2D eigenvalue weighted by molar-refractivity contribution is 5.83. The number of hydrogen-bond acceptors (Lipinski definition) is 2. The Kier molecular flexibility index (Phi) is 4.38. The monoisotopic (exact) mass is 168 g/mol. The van der Waals surface area contributed by atoms with Crippen molar-refractivity contribution in [1.82, 2.24) is 5.32 Å².